The van der Waals surface area contributed by atoms with Crippen LogP contribution in [0, 0.1) is 0 Å². The molecule has 1 aromatic heterocycles. The molecule has 0 aliphatic rings. The second-order valence-electron chi connectivity index (χ2n) is 5.09. The molecule has 1 atom stereocenters. The van der Waals surface area contributed by atoms with Gasteiger partial charge < -0.3 is 20.1 Å². The van der Waals surface area contributed by atoms with Gasteiger partial charge >= 0.3 is 0 Å². The van der Waals surface area contributed by atoms with Crippen molar-refractivity contribution < 1.29 is 14.7 Å². The second-order valence-corrected chi connectivity index (χ2v) is 5.09. The van der Waals surface area contributed by atoms with Gasteiger partial charge in [0.15, 0.2) is 0 Å². The second kappa shape index (κ2) is 7.04. The summed E-state index contributed by atoms with van der Waals surface area (Å²) in [5.74, 6) is 0.963. The van der Waals surface area contributed by atoms with Crippen LogP contribution in [0.1, 0.15) is 0 Å². The van der Waals surface area contributed by atoms with E-state index in [4.69, 9.17) is 9.63 Å². The molecular formula is C17H17N3O3. The van der Waals surface area contributed by atoms with E-state index in [1.54, 1.807) is 0 Å². The molecule has 0 saturated carbocycles. The topological polar surface area (TPSA) is 91.4 Å². The number of nitrogens with zero attached hydrogens (tertiary/aromatic N) is 2. The fourth-order valence-electron chi connectivity index (χ4n) is 2.11. The summed E-state index contributed by atoms with van der Waals surface area (Å²) in [6.45, 7) is -0.0180. The first kappa shape index (κ1) is 15.2. The molecule has 0 radical (unpaired) electrons. The first-order valence-electron chi connectivity index (χ1n) is 7.28. The predicted octanol–water partition coefficient (Wildman–Crippen LogP) is 2.17. The van der Waals surface area contributed by atoms with Crippen molar-refractivity contribution in [2.75, 3.05) is 18.5 Å². The zero-order valence-electron chi connectivity index (χ0n) is 12.4. The van der Waals surface area contributed by atoms with E-state index < -0.39 is 6.10 Å². The SMILES string of the molecule is OCC(O)CNc1cccc(-c2nc(-c3ccccc3)no2)c1. The van der Waals surface area contributed by atoms with Crippen LogP contribution in [0.15, 0.2) is 59.1 Å². The summed E-state index contributed by atoms with van der Waals surface area (Å²) >= 11 is 0. The number of nitrogens with one attached hydrogen (secondary N) is 1. The average molecular weight is 311 g/mol. The summed E-state index contributed by atoms with van der Waals surface area (Å²) in [6.07, 6.45) is -0.799. The third-order valence-corrected chi connectivity index (χ3v) is 3.32. The van der Waals surface area contributed by atoms with Gasteiger partial charge in [0.05, 0.1) is 12.7 Å². The van der Waals surface area contributed by atoms with Crippen molar-refractivity contribution in [1.29, 1.82) is 0 Å². The monoisotopic (exact) mass is 311 g/mol. The summed E-state index contributed by atoms with van der Waals surface area (Å²) < 4.78 is 5.33. The molecule has 118 valence electrons. The van der Waals surface area contributed by atoms with Gasteiger partial charge in [0.2, 0.25) is 5.82 Å². The van der Waals surface area contributed by atoms with Crippen LogP contribution < -0.4 is 5.32 Å². The molecule has 6 nitrogen and oxygen atoms in total. The Bertz CT molecular complexity index is 759. The van der Waals surface area contributed by atoms with E-state index in [1.165, 1.54) is 0 Å². The highest BCUT2D eigenvalue weighted by molar-refractivity contribution is 5.63. The molecule has 3 rings (SSSR count). The van der Waals surface area contributed by atoms with Crippen LogP contribution in [0.3, 0.4) is 0 Å². The predicted molar refractivity (Wildman–Crippen MR) is 86.8 cm³/mol. The summed E-state index contributed by atoms with van der Waals surface area (Å²) in [4.78, 5) is 4.41. The molecule has 23 heavy (non-hydrogen) atoms. The normalized spacial score (nSPS) is 12.1. The van der Waals surface area contributed by atoms with Crippen LogP contribution in [0.5, 0.6) is 0 Å². The Morgan fingerprint density at radius 3 is 2.61 bits per heavy atom. The Hall–Kier alpha value is -2.70. The van der Waals surface area contributed by atoms with Gasteiger partial charge in [-0.2, -0.15) is 4.98 Å². The van der Waals surface area contributed by atoms with E-state index in [-0.39, 0.29) is 13.2 Å². The van der Waals surface area contributed by atoms with Crippen molar-refractivity contribution in [3.05, 3.63) is 54.6 Å². The van der Waals surface area contributed by atoms with Gasteiger partial charge in [-0.25, -0.2) is 0 Å². The van der Waals surface area contributed by atoms with Gasteiger partial charge in [-0.15, -0.1) is 0 Å². The van der Waals surface area contributed by atoms with Crippen LogP contribution >= 0.6 is 0 Å². The third kappa shape index (κ3) is 3.74. The minimum Gasteiger partial charge on any atom is -0.394 e. The van der Waals surface area contributed by atoms with E-state index in [9.17, 15) is 5.11 Å². The fourth-order valence-corrected chi connectivity index (χ4v) is 2.11. The molecule has 3 aromatic rings. The molecule has 6 heteroatoms. The van der Waals surface area contributed by atoms with Gasteiger partial charge in [0, 0.05) is 23.4 Å². The maximum atomic E-state index is 9.38. The van der Waals surface area contributed by atoms with Crippen molar-refractivity contribution in [2.24, 2.45) is 0 Å². The Balaban J connectivity index is 1.78. The Kier molecular flexibility index (Phi) is 4.65. The summed E-state index contributed by atoms with van der Waals surface area (Å²) in [5.41, 5.74) is 2.47. The average Bonchev–Trinajstić information content (AvgIpc) is 3.11. The van der Waals surface area contributed by atoms with E-state index in [1.807, 2.05) is 54.6 Å². The number of rotatable bonds is 6. The van der Waals surface area contributed by atoms with Crippen molar-refractivity contribution in [3.8, 4) is 22.8 Å². The number of aromatic nitrogens is 2. The van der Waals surface area contributed by atoms with Gasteiger partial charge in [-0.1, -0.05) is 41.6 Å². The molecule has 2 aromatic carbocycles. The first-order valence-corrected chi connectivity index (χ1v) is 7.28. The van der Waals surface area contributed by atoms with Gasteiger partial charge in [-0.3, -0.25) is 0 Å². The Morgan fingerprint density at radius 2 is 1.83 bits per heavy atom. The highest BCUT2D eigenvalue weighted by Gasteiger charge is 2.11. The van der Waals surface area contributed by atoms with Crippen molar-refractivity contribution in [3.63, 3.8) is 0 Å². The molecular weight excluding hydrogens is 294 g/mol. The summed E-state index contributed by atoms with van der Waals surface area (Å²) in [6, 6.07) is 17.1. The van der Waals surface area contributed by atoms with Crippen molar-refractivity contribution >= 4 is 5.69 Å². The summed E-state index contributed by atoms with van der Waals surface area (Å²) in [5, 5.41) is 25.3. The molecule has 0 fully saturated rings. The smallest absolute Gasteiger partial charge is 0.258 e. The van der Waals surface area contributed by atoms with Crippen LogP contribution in [-0.2, 0) is 0 Å². The Labute approximate surface area is 133 Å². The highest BCUT2D eigenvalue weighted by Crippen LogP contribution is 2.24. The first-order chi connectivity index (χ1) is 11.3. The number of anilines is 1. The van der Waals surface area contributed by atoms with Crippen LogP contribution in [0.4, 0.5) is 5.69 Å². The molecule has 0 spiro atoms. The largest absolute Gasteiger partial charge is 0.394 e. The molecule has 3 N–H and O–H groups in total. The Morgan fingerprint density at radius 1 is 1.04 bits per heavy atom. The van der Waals surface area contributed by atoms with Crippen LogP contribution in [0.25, 0.3) is 22.8 Å². The molecule has 0 saturated heterocycles. The standard InChI is InChI=1S/C17H17N3O3/c21-11-15(22)10-18-14-8-4-7-13(9-14)17-19-16(20-23-17)12-5-2-1-3-6-12/h1-9,15,18,21-22H,10-11H2. The zero-order chi connectivity index (χ0) is 16.1. The molecule has 0 aliphatic heterocycles. The minimum atomic E-state index is -0.799. The quantitative estimate of drug-likeness (QED) is 0.646. The lowest BCUT2D eigenvalue weighted by Gasteiger charge is -2.10. The van der Waals surface area contributed by atoms with E-state index in [2.05, 4.69) is 15.5 Å². The lowest BCUT2D eigenvalue weighted by molar-refractivity contribution is 0.105. The molecule has 0 bridgehead atoms. The molecule has 0 aliphatic carbocycles. The number of benzene rings is 2. The fraction of sp³-hybridized carbons (Fsp3) is 0.176. The molecule has 1 unspecified atom stereocenters. The van der Waals surface area contributed by atoms with Crippen molar-refractivity contribution in [1.82, 2.24) is 10.1 Å². The molecule has 0 amide bonds. The molecule has 1 heterocycles. The maximum Gasteiger partial charge on any atom is 0.258 e. The van der Waals surface area contributed by atoms with Gasteiger partial charge in [0.1, 0.15) is 0 Å². The van der Waals surface area contributed by atoms with Crippen LogP contribution in [-0.4, -0.2) is 39.6 Å². The van der Waals surface area contributed by atoms with Gasteiger partial charge in [-0.05, 0) is 18.2 Å². The van der Waals surface area contributed by atoms with Crippen molar-refractivity contribution in [2.45, 2.75) is 6.10 Å². The van der Waals surface area contributed by atoms with E-state index >= 15 is 0 Å². The zero-order valence-corrected chi connectivity index (χ0v) is 12.4. The van der Waals surface area contributed by atoms with Gasteiger partial charge in [0.25, 0.3) is 5.89 Å². The van der Waals surface area contributed by atoms with E-state index in [0.29, 0.717) is 11.7 Å². The third-order valence-electron chi connectivity index (χ3n) is 3.32. The summed E-state index contributed by atoms with van der Waals surface area (Å²) in [7, 11) is 0. The van der Waals surface area contributed by atoms with E-state index in [0.717, 1.165) is 16.8 Å². The number of aliphatic hydroxyl groups is 2. The number of hydrogen-bond donors (Lipinski definition) is 3. The number of aliphatic hydroxyl groups excluding tert-OH is 2. The highest BCUT2D eigenvalue weighted by atomic mass is 16.5. The minimum absolute atomic E-state index is 0.263. The number of hydrogen-bond acceptors (Lipinski definition) is 6. The van der Waals surface area contributed by atoms with Crippen LogP contribution in [0.2, 0.25) is 0 Å². The lowest BCUT2D eigenvalue weighted by Crippen LogP contribution is -2.22. The maximum absolute atomic E-state index is 9.38. The lowest BCUT2D eigenvalue weighted by atomic mass is 10.2.